The van der Waals surface area contributed by atoms with Crippen LogP contribution in [-0.4, -0.2) is 41.1 Å². The quantitative estimate of drug-likeness (QED) is 0.862. The van der Waals surface area contributed by atoms with E-state index in [2.05, 4.69) is 15.0 Å². The first kappa shape index (κ1) is 13.6. The van der Waals surface area contributed by atoms with Gasteiger partial charge in [0.1, 0.15) is 5.82 Å². The van der Waals surface area contributed by atoms with Gasteiger partial charge in [-0.1, -0.05) is 6.07 Å². The van der Waals surface area contributed by atoms with E-state index in [1.54, 1.807) is 18.3 Å². The lowest BCUT2D eigenvalue weighted by Crippen LogP contribution is -2.37. The van der Waals surface area contributed by atoms with E-state index in [0.29, 0.717) is 31.3 Å². The summed E-state index contributed by atoms with van der Waals surface area (Å²) in [5.74, 6) is 0.436. The highest BCUT2D eigenvalue weighted by Crippen LogP contribution is 2.11. The largest absolute Gasteiger partial charge is 0.384 e. The Balaban J connectivity index is 1.79. The highest BCUT2D eigenvalue weighted by atomic mass is 16.5. The Labute approximate surface area is 122 Å². The smallest absolute Gasteiger partial charge is 0.269 e. The molecule has 0 aliphatic carbocycles. The van der Waals surface area contributed by atoms with E-state index in [9.17, 15) is 4.79 Å². The van der Waals surface area contributed by atoms with Crippen LogP contribution in [0.5, 0.6) is 0 Å². The maximum absolute atomic E-state index is 12.2. The van der Waals surface area contributed by atoms with Crippen molar-refractivity contribution in [3.05, 3.63) is 46.5 Å². The van der Waals surface area contributed by atoms with Crippen molar-refractivity contribution in [2.75, 3.05) is 36.9 Å². The van der Waals surface area contributed by atoms with Gasteiger partial charge in [-0.05, 0) is 12.1 Å². The van der Waals surface area contributed by atoms with Gasteiger partial charge in [0.15, 0.2) is 0 Å². The van der Waals surface area contributed by atoms with Crippen LogP contribution < -0.4 is 16.2 Å². The third kappa shape index (κ3) is 3.19. The third-order valence-corrected chi connectivity index (χ3v) is 3.37. The first-order valence-electron chi connectivity index (χ1n) is 6.84. The van der Waals surface area contributed by atoms with E-state index in [1.807, 2.05) is 12.1 Å². The first-order chi connectivity index (χ1) is 10.2. The number of anilines is 2. The number of nitrogens with zero attached hydrogens (tertiary/aromatic N) is 4. The summed E-state index contributed by atoms with van der Waals surface area (Å²) in [6.45, 7) is 3.23. The highest BCUT2D eigenvalue weighted by molar-refractivity contribution is 5.43. The average molecular weight is 287 g/mol. The van der Waals surface area contributed by atoms with Gasteiger partial charge in [-0.15, -0.1) is 0 Å². The Morgan fingerprint density at radius 2 is 2.10 bits per heavy atom. The monoisotopic (exact) mass is 287 g/mol. The van der Waals surface area contributed by atoms with Crippen molar-refractivity contribution in [2.24, 2.45) is 0 Å². The Kier molecular flexibility index (Phi) is 3.83. The summed E-state index contributed by atoms with van der Waals surface area (Å²) in [6, 6.07) is 6.94. The molecule has 0 bridgehead atoms. The van der Waals surface area contributed by atoms with Gasteiger partial charge in [0.05, 0.1) is 37.3 Å². The van der Waals surface area contributed by atoms with Gasteiger partial charge in [0, 0.05) is 19.2 Å². The number of aromatic nitrogens is 3. The fourth-order valence-corrected chi connectivity index (χ4v) is 2.28. The van der Waals surface area contributed by atoms with Crippen LogP contribution in [-0.2, 0) is 11.3 Å². The maximum Gasteiger partial charge on any atom is 0.269 e. The number of morpholine rings is 1. The van der Waals surface area contributed by atoms with E-state index in [0.717, 1.165) is 18.8 Å². The predicted octanol–water partition coefficient (Wildman–Crippen LogP) is 0.105. The van der Waals surface area contributed by atoms with Crippen LogP contribution in [0.2, 0.25) is 0 Å². The molecule has 0 radical (unpaired) electrons. The minimum absolute atomic E-state index is 0.150. The summed E-state index contributed by atoms with van der Waals surface area (Å²) in [4.78, 5) is 18.4. The van der Waals surface area contributed by atoms with Crippen molar-refractivity contribution < 1.29 is 4.74 Å². The van der Waals surface area contributed by atoms with Crippen LogP contribution in [0, 0.1) is 0 Å². The molecule has 7 heteroatoms. The summed E-state index contributed by atoms with van der Waals surface area (Å²) in [5.41, 5.74) is 7.03. The molecule has 1 aliphatic rings. The molecule has 2 N–H and O–H groups in total. The van der Waals surface area contributed by atoms with Crippen molar-refractivity contribution in [1.29, 1.82) is 0 Å². The molecule has 110 valence electrons. The summed E-state index contributed by atoms with van der Waals surface area (Å²) < 4.78 is 6.68. The van der Waals surface area contributed by atoms with E-state index in [1.165, 1.54) is 4.68 Å². The molecule has 21 heavy (non-hydrogen) atoms. The summed E-state index contributed by atoms with van der Waals surface area (Å²) in [6.07, 6.45) is 1.71. The van der Waals surface area contributed by atoms with Crippen molar-refractivity contribution in [1.82, 2.24) is 14.8 Å². The zero-order valence-corrected chi connectivity index (χ0v) is 11.6. The number of ether oxygens (including phenoxy) is 1. The van der Waals surface area contributed by atoms with Crippen LogP contribution >= 0.6 is 0 Å². The molecule has 3 rings (SSSR count). The topological polar surface area (TPSA) is 86.3 Å². The van der Waals surface area contributed by atoms with E-state index in [-0.39, 0.29) is 5.56 Å². The summed E-state index contributed by atoms with van der Waals surface area (Å²) in [5, 5.41) is 4.22. The molecule has 7 nitrogen and oxygen atoms in total. The van der Waals surface area contributed by atoms with Gasteiger partial charge >= 0.3 is 0 Å². The lowest BCUT2D eigenvalue weighted by Gasteiger charge is -2.28. The first-order valence-corrected chi connectivity index (χ1v) is 6.84. The zero-order valence-electron chi connectivity index (χ0n) is 11.6. The molecule has 2 aromatic rings. The molecule has 0 unspecified atom stereocenters. The minimum Gasteiger partial charge on any atom is -0.384 e. The summed E-state index contributed by atoms with van der Waals surface area (Å²) in [7, 11) is 0. The fourth-order valence-electron chi connectivity index (χ4n) is 2.28. The molecule has 0 aromatic carbocycles. The fraction of sp³-hybridized carbons (Fsp3) is 0.357. The molecule has 0 amide bonds. The highest BCUT2D eigenvalue weighted by Gasteiger charge is 2.12. The average Bonchev–Trinajstić information content (AvgIpc) is 2.50. The van der Waals surface area contributed by atoms with Crippen LogP contribution in [0.3, 0.4) is 0 Å². The molecule has 0 saturated carbocycles. The van der Waals surface area contributed by atoms with Crippen LogP contribution in [0.1, 0.15) is 5.69 Å². The molecular formula is C14H17N5O2. The van der Waals surface area contributed by atoms with Crippen molar-refractivity contribution in [2.45, 2.75) is 6.54 Å². The lowest BCUT2D eigenvalue weighted by molar-refractivity contribution is 0.122. The van der Waals surface area contributed by atoms with Gasteiger partial charge < -0.3 is 15.4 Å². The number of hydrogen-bond donors (Lipinski definition) is 1. The van der Waals surface area contributed by atoms with Crippen LogP contribution in [0.4, 0.5) is 11.5 Å². The number of nitrogen functional groups attached to an aromatic ring is 1. The second kappa shape index (κ2) is 5.92. The Hall–Kier alpha value is -2.41. The van der Waals surface area contributed by atoms with E-state index < -0.39 is 0 Å². The van der Waals surface area contributed by atoms with Crippen molar-refractivity contribution in [3.8, 4) is 0 Å². The molecule has 1 saturated heterocycles. The van der Waals surface area contributed by atoms with Gasteiger partial charge in [-0.3, -0.25) is 4.79 Å². The van der Waals surface area contributed by atoms with Gasteiger partial charge in [-0.25, -0.2) is 9.67 Å². The Morgan fingerprint density at radius 3 is 2.81 bits per heavy atom. The minimum atomic E-state index is -0.150. The Bertz CT molecular complexity index is 679. The van der Waals surface area contributed by atoms with E-state index >= 15 is 0 Å². The second-order valence-corrected chi connectivity index (χ2v) is 4.86. The predicted molar refractivity (Wildman–Crippen MR) is 79.3 cm³/mol. The number of rotatable bonds is 3. The van der Waals surface area contributed by atoms with Crippen molar-refractivity contribution in [3.63, 3.8) is 0 Å². The molecule has 1 fully saturated rings. The molecule has 0 atom stereocenters. The summed E-state index contributed by atoms with van der Waals surface area (Å²) >= 11 is 0. The normalized spacial score (nSPS) is 15.1. The molecular weight excluding hydrogens is 270 g/mol. The van der Waals surface area contributed by atoms with Crippen LogP contribution in [0.15, 0.2) is 35.3 Å². The molecule has 2 aromatic heterocycles. The van der Waals surface area contributed by atoms with Gasteiger partial charge in [-0.2, -0.15) is 5.10 Å². The van der Waals surface area contributed by atoms with E-state index in [4.69, 9.17) is 10.5 Å². The van der Waals surface area contributed by atoms with Gasteiger partial charge in [0.2, 0.25) is 0 Å². The van der Waals surface area contributed by atoms with Crippen LogP contribution in [0.25, 0.3) is 0 Å². The molecule has 3 heterocycles. The number of nitrogens with two attached hydrogens (primary N) is 1. The van der Waals surface area contributed by atoms with Crippen molar-refractivity contribution >= 4 is 11.5 Å². The molecule has 0 spiro atoms. The molecule has 1 aliphatic heterocycles. The SMILES string of the molecule is Nc1cccc(Cn2ncc(N3CCOCC3)cc2=O)n1. The van der Waals surface area contributed by atoms with Gasteiger partial charge in [0.25, 0.3) is 5.56 Å². The maximum atomic E-state index is 12.2. The number of hydrogen-bond acceptors (Lipinski definition) is 6. The standard InChI is InChI=1S/C14H17N5O2/c15-13-3-1-2-11(17-13)10-19-14(20)8-12(9-16-19)18-4-6-21-7-5-18/h1-3,8-9H,4-7,10H2,(H2,15,17). The second-order valence-electron chi connectivity index (χ2n) is 4.86. The number of pyridine rings is 1. The lowest BCUT2D eigenvalue weighted by atomic mass is 10.3. The zero-order chi connectivity index (χ0) is 14.7. The third-order valence-electron chi connectivity index (χ3n) is 3.37. The Morgan fingerprint density at radius 1 is 1.29 bits per heavy atom.